The van der Waals surface area contributed by atoms with Gasteiger partial charge in [-0.25, -0.2) is 0 Å². The van der Waals surface area contributed by atoms with Crippen molar-refractivity contribution in [1.82, 2.24) is 0 Å². The van der Waals surface area contributed by atoms with Crippen molar-refractivity contribution in [3.63, 3.8) is 0 Å². The summed E-state index contributed by atoms with van der Waals surface area (Å²) in [6, 6.07) is 0.174. The molecule has 0 rings (SSSR count). The average molecular weight is 954 g/mol. The quantitative estimate of drug-likeness (QED) is 0.0691. The summed E-state index contributed by atoms with van der Waals surface area (Å²) in [6.07, 6.45) is 5.28. The van der Waals surface area contributed by atoms with Crippen LogP contribution < -0.4 is 0 Å². The molecule has 2 atom stereocenters. The molecule has 14 nitrogen and oxygen atoms in total. The predicted octanol–water partition coefficient (Wildman–Crippen LogP) is 5.02. The van der Waals surface area contributed by atoms with E-state index in [1.54, 1.807) is 40.4 Å². The molecule has 0 radical (unpaired) electrons. The normalized spacial score (nSPS) is 14.9. The minimum absolute atomic E-state index is 0.0733. The van der Waals surface area contributed by atoms with Crippen LogP contribution in [0.25, 0.3) is 0 Å². The van der Waals surface area contributed by atoms with E-state index in [4.69, 9.17) is 29.7 Å². The van der Waals surface area contributed by atoms with Crippen LogP contribution in [0.15, 0.2) is 0 Å². The summed E-state index contributed by atoms with van der Waals surface area (Å²) in [5.41, 5.74) is 0.0733. The van der Waals surface area contributed by atoms with Crippen LogP contribution in [0.1, 0.15) is 66.2 Å². The summed E-state index contributed by atoms with van der Waals surface area (Å²) >= 11 is 0. The van der Waals surface area contributed by atoms with Crippen molar-refractivity contribution in [2.75, 3.05) is 19.8 Å². The Kier molecular flexibility index (Phi) is 23.6. The standard InChI is InChI=1S/C25H64O14Si13/c1-15-19-20-21-22-23-24-50(13,46(32)44(30)43(29)42(28)40(26)36-49(11,12)38-47(5,6)7)37-41(27)45(31)51(14,39-48(8,9)10)25-52(33-16-2,34-17-3)35-18-4/h15-25H2,1-14H3. The second-order valence-electron chi connectivity index (χ2n) is 15.4. The van der Waals surface area contributed by atoms with Crippen LogP contribution in [0.2, 0.25) is 77.2 Å². The minimum Gasteiger partial charge on any atom is -0.575 e. The van der Waals surface area contributed by atoms with Crippen LogP contribution in [0.3, 0.4) is 0 Å². The first-order valence-corrected chi connectivity index (χ1v) is 51.6. The van der Waals surface area contributed by atoms with Crippen molar-refractivity contribution < 1.29 is 61.0 Å². The Balaban J connectivity index is 6.67. The number of hydrogen-bond acceptors (Lipinski definition) is 14. The van der Waals surface area contributed by atoms with Gasteiger partial charge < -0.3 is 61.0 Å². The lowest BCUT2D eigenvalue weighted by atomic mass is 10.1. The van der Waals surface area contributed by atoms with E-state index in [0.717, 1.165) is 32.1 Å². The van der Waals surface area contributed by atoms with Gasteiger partial charge in [0.05, 0.1) is 0 Å². The molecule has 0 spiro atoms. The molecule has 0 bridgehead atoms. The molecule has 0 fully saturated rings. The third kappa shape index (κ3) is 18.8. The second-order valence-corrected chi connectivity index (χ2v) is 73.3. The maximum Gasteiger partial charge on any atom is 0.533 e. The maximum atomic E-state index is 14.5. The zero-order valence-corrected chi connectivity index (χ0v) is 47.0. The topological polar surface area (TPSA) is 184 Å². The lowest BCUT2D eigenvalue weighted by Crippen LogP contribution is -2.65. The van der Waals surface area contributed by atoms with Crippen LogP contribution in [-0.2, 0) is 61.0 Å². The van der Waals surface area contributed by atoms with E-state index >= 15 is 0 Å². The molecule has 2 unspecified atom stereocenters. The third-order valence-electron chi connectivity index (χ3n) is 7.34. The van der Waals surface area contributed by atoms with E-state index < -0.39 is 105 Å². The molecule has 0 saturated heterocycles. The van der Waals surface area contributed by atoms with Gasteiger partial charge in [0, 0.05) is 25.5 Å². The minimum atomic E-state index is -3.78. The van der Waals surface area contributed by atoms with Crippen molar-refractivity contribution in [2.45, 2.75) is 143 Å². The van der Waals surface area contributed by atoms with Gasteiger partial charge in [0.25, 0.3) is 7.83 Å². The Morgan fingerprint density at radius 1 is 0.462 bits per heavy atom. The van der Waals surface area contributed by atoms with Gasteiger partial charge in [0.15, 0.2) is 16.6 Å². The van der Waals surface area contributed by atoms with Crippen LogP contribution in [0, 0.1) is 0 Å². The van der Waals surface area contributed by atoms with Crippen molar-refractivity contribution in [3.05, 3.63) is 0 Å². The lowest BCUT2D eigenvalue weighted by molar-refractivity contribution is 0.0750. The molecule has 27 heteroatoms. The van der Waals surface area contributed by atoms with E-state index in [0.29, 0.717) is 6.42 Å². The highest BCUT2D eigenvalue weighted by atomic mass is 29.9. The number of unbranched alkanes of at least 4 members (excludes halogenated alkanes) is 5. The van der Waals surface area contributed by atoms with Crippen LogP contribution in [0.4, 0.5) is 0 Å². The molecular formula is C25H64O14Si13. The van der Waals surface area contributed by atoms with Crippen molar-refractivity contribution >= 4 is 105 Å². The highest BCUT2D eigenvalue weighted by molar-refractivity contribution is 7.68. The molecule has 0 amide bonds. The van der Waals surface area contributed by atoms with Gasteiger partial charge in [-0.05, 0) is 92.3 Å². The van der Waals surface area contributed by atoms with Crippen molar-refractivity contribution in [1.29, 1.82) is 0 Å². The first kappa shape index (κ1) is 52.8. The largest absolute Gasteiger partial charge is 0.575 e. The van der Waals surface area contributed by atoms with E-state index in [9.17, 15) is 31.2 Å². The lowest BCUT2D eigenvalue weighted by Gasteiger charge is -2.38. The summed E-state index contributed by atoms with van der Waals surface area (Å²) in [5.74, 6) is 0. The Hall–Kier alpha value is 0.819. The first-order chi connectivity index (χ1) is 23.7. The average Bonchev–Trinajstić information content (AvgIpc) is 2.98. The van der Waals surface area contributed by atoms with Gasteiger partial charge in [-0.15, -0.1) is 0 Å². The SMILES string of the molecule is CCCCCCCC[Si](C)(O[Si](=O)[Si](=O)[Si](C)(C[Si](OCC)(OCC)OCC)O[Si](C)(C)C)[Si](=O)[Si](=O)[Si](=O)[Si](=O)[Si](=O)O[Si](C)(C)O[Si](C)(C)C. The van der Waals surface area contributed by atoms with Crippen LogP contribution in [-0.4, -0.2) is 125 Å². The Morgan fingerprint density at radius 3 is 1.37 bits per heavy atom. The van der Waals surface area contributed by atoms with Crippen LogP contribution >= 0.6 is 0 Å². The van der Waals surface area contributed by atoms with Crippen LogP contribution in [0.5, 0.6) is 0 Å². The fraction of sp³-hybridized carbons (Fsp3) is 1.00. The third-order valence-corrected chi connectivity index (χ3v) is 83.0. The Labute approximate surface area is 327 Å². The molecule has 52 heavy (non-hydrogen) atoms. The fourth-order valence-electron chi connectivity index (χ4n) is 5.68. The predicted molar refractivity (Wildman–Crippen MR) is 220 cm³/mol. The van der Waals surface area contributed by atoms with Gasteiger partial charge >= 0.3 is 72.8 Å². The van der Waals surface area contributed by atoms with E-state index in [1.165, 1.54) is 6.55 Å². The molecule has 300 valence electrons. The number of hydrogen-bond donors (Lipinski definition) is 0. The van der Waals surface area contributed by atoms with Gasteiger partial charge in [-0.3, -0.25) is 0 Å². The van der Waals surface area contributed by atoms with Crippen molar-refractivity contribution in [3.8, 4) is 0 Å². The van der Waals surface area contributed by atoms with E-state index in [-0.39, 0.29) is 31.5 Å². The van der Waals surface area contributed by atoms with Gasteiger partial charge in [0.1, 0.15) is 0 Å². The smallest absolute Gasteiger partial charge is 0.533 e. The van der Waals surface area contributed by atoms with E-state index in [2.05, 4.69) is 6.92 Å². The van der Waals surface area contributed by atoms with Gasteiger partial charge in [0.2, 0.25) is 7.83 Å². The summed E-state index contributed by atoms with van der Waals surface area (Å²) in [5, 5.41) is 0. The molecule has 0 saturated carbocycles. The zero-order chi connectivity index (χ0) is 40.8. The second kappa shape index (κ2) is 23.3. The summed E-state index contributed by atoms with van der Waals surface area (Å²) in [4.78, 5) is 0. The molecule has 0 N–H and O–H groups in total. The molecule has 0 aliphatic heterocycles. The summed E-state index contributed by atoms with van der Waals surface area (Å²) < 4.78 is 139. The highest BCUT2D eigenvalue weighted by Gasteiger charge is 2.61. The Bertz CT molecular complexity index is 1270. The van der Waals surface area contributed by atoms with Crippen molar-refractivity contribution in [2.24, 2.45) is 0 Å². The van der Waals surface area contributed by atoms with Gasteiger partial charge in [-0.1, -0.05) is 45.4 Å². The molecule has 0 aliphatic carbocycles. The molecule has 0 aromatic carbocycles. The Morgan fingerprint density at radius 2 is 0.923 bits per heavy atom. The summed E-state index contributed by atoms with van der Waals surface area (Å²) in [6.45, 7) is 26.5. The number of rotatable bonds is 30. The van der Waals surface area contributed by atoms with E-state index in [1.807, 2.05) is 39.3 Å². The molecule has 0 aromatic heterocycles. The molecule has 0 aromatic rings. The first-order valence-electron chi connectivity index (χ1n) is 18.2. The monoisotopic (exact) mass is 952 g/mol. The maximum absolute atomic E-state index is 14.5. The summed E-state index contributed by atoms with van der Waals surface area (Å²) in [7, 11) is -42.6. The fourth-order valence-corrected chi connectivity index (χ4v) is 106. The zero-order valence-electron chi connectivity index (χ0n) is 34.0. The highest BCUT2D eigenvalue weighted by Crippen LogP contribution is 2.29. The van der Waals surface area contributed by atoms with Gasteiger partial charge in [-0.2, -0.15) is 0 Å². The molecule has 0 heterocycles. The molecular weight excluding hydrogens is 889 g/mol. The molecule has 0 aliphatic rings.